The number of rotatable bonds is 5. The van der Waals surface area contributed by atoms with Crippen LogP contribution in [-0.4, -0.2) is 23.7 Å². The second-order valence-electron chi connectivity index (χ2n) is 6.00. The van der Waals surface area contributed by atoms with Crippen LogP contribution in [0, 0.1) is 0 Å². The normalized spacial score (nSPS) is 11.8. The Bertz CT molecular complexity index is 940. The molecule has 0 aliphatic heterocycles. The molecular formula is C22H18F6O4. The summed E-state index contributed by atoms with van der Waals surface area (Å²) in [5.41, 5.74) is -0.558. The van der Waals surface area contributed by atoms with Crippen LogP contribution in [-0.2, 0) is 26.7 Å². The van der Waals surface area contributed by atoms with E-state index in [4.69, 9.17) is 5.11 Å². The number of benzene rings is 2. The number of ether oxygens (including phenoxy) is 1. The summed E-state index contributed by atoms with van der Waals surface area (Å²) in [7, 11) is 0. The molecule has 2 rings (SSSR count). The molecule has 32 heavy (non-hydrogen) atoms. The van der Waals surface area contributed by atoms with Crippen molar-refractivity contribution in [3.63, 3.8) is 0 Å². The molecule has 1 N–H and O–H groups in total. The Morgan fingerprint density at radius 3 is 1.47 bits per heavy atom. The number of halogens is 6. The molecule has 2 aromatic rings. The highest BCUT2D eigenvalue weighted by atomic mass is 19.4. The van der Waals surface area contributed by atoms with Crippen LogP contribution in [0.3, 0.4) is 0 Å². The number of carboxylic acids is 1. The number of hydrogen-bond donors (Lipinski definition) is 1. The lowest BCUT2D eigenvalue weighted by molar-refractivity contribution is -0.138. The SMILES string of the molecule is CCOC(=O)C=Cc1ccc(C(F)(F)F)cc1.O=C(O)C=Cc1ccc(C(F)(F)F)cc1. The Morgan fingerprint density at radius 2 is 1.16 bits per heavy atom. The van der Waals surface area contributed by atoms with Gasteiger partial charge in [-0.05, 0) is 54.5 Å². The van der Waals surface area contributed by atoms with Gasteiger partial charge in [0.2, 0.25) is 0 Å². The first-order chi connectivity index (χ1) is 14.8. The van der Waals surface area contributed by atoms with E-state index in [9.17, 15) is 35.9 Å². The van der Waals surface area contributed by atoms with E-state index in [1.807, 2.05) is 0 Å². The standard InChI is InChI=1S/C12H11F3O2.C10H7F3O2/c1-2-17-11(16)8-5-9-3-6-10(7-4-9)12(13,14)15;11-10(12,13)8-4-1-7(2-5-8)3-6-9(14)15/h3-8H,2H2,1H3;1-6H,(H,14,15). The Kier molecular flexibility index (Phi) is 9.70. The maximum Gasteiger partial charge on any atom is 0.416 e. The zero-order valence-corrected chi connectivity index (χ0v) is 16.6. The Morgan fingerprint density at radius 1 is 0.781 bits per heavy atom. The van der Waals surface area contributed by atoms with Gasteiger partial charge in [-0.25, -0.2) is 9.59 Å². The molecule has 0 heterocycles. The molecule has 0 fully saturated rings. The molecule has 0 spiro atoms. The van der Waals surface area contributed by atoms with E-state index >= 15 is 0 Å². The molecule has 0 aliphatic rings. The Balaban J connectivity index is 0.000000323. The van der Waals surface area contributed by atoms with Gasteiger partial charge < -0.3 is 9.84 Å². The first-order valence-electron chi connectivity index (χ1n) is 8.93. The van der Waals surface area contributed by atoms with Crippen molar-refractivity contribution in [3.05, 3.63) is 82.9 Å². The second kappa shape index (κ2) is 11.7. The highest BCUT2D eigenvalue weighted by Gasteiger charge is 2.30. The zero-order valence-electron chi connectivity index (χ0n) is 16.6. The van der Waals surface area contributed by atoms with Gasteiger partial charge in [0, 0.05) is 12.2 Å². The molecule has 0 amide bonds. The summed E-state index contributed by atoms with van der Waals surface area (Å²) in [6.45, 7) is 1.93. The van der Waals surface area contributed by atoms with Gasteiger partial charge >= 0.3 is 24.3 Å². The summed E-state index contributed by atoms with van der Waals surface area (Å²) >= 11 is 0. The van der Waals surface area contributed by atoms with Crippen LogP contribution < -0.4 is 0 Å². The van der Waals surface area contributed by atoms with Gasteiger partial charge in [-0.2, -0.15) is 26.3 Å². The largest absolute Gasteiger partial charge is 0.478 e. The van der Waals surface area contributed by atoms with Crippen LogP contribution in [0.4, 0.5) is 26.3 Å². The van der Waals surface area contributed by atoms with Crippen molar-refractivity contribution in [2.24, 2.45) is 0 Å². The van der Waals surface area contributed by atoms with Gasteiger partial charge in [-0.15, -0.1) is 0 Å². The minimum absolute atomic E-state index is 0.260. The molecule has 0 radical (unpaired) electrons. The third-order valence-electron chi connectivity index (χ3n) is 3.59. The van der Waals surface area contributed by atoms with E-state index in [0.29, 0.717) is 11.1 Å². The fourth-order valence-electron chi connectivity index (χ4n) is 2.09. The quantitative estimate of drug-likeness (QED) is 0.334. The smallest absolute Gasteiger partial charge is 0.416 e. The third-order valence-corrected chi connectivity index (χ3v) is 3.59. The minimum atomic E-state index is -4.37. The van der Waals surface area contributed by atoms with Crippen LogP contribution in [0.5, 0.6) is 0 Å². The maximum atomic E-state index is 12.2. The molecule has 10 heteroatoms. The molecule has 0 bridgehead atoms. The maximum absolute atomic E-state index is 12.2. The molecule has 0 unspecified atom stereocenters. The summed E-state index contributed by atoms with van der Waals surface area (Å²) < 4.78 is 77.7. The first-order valence-corrected chi connectivity index (χ1v) is 8.93. The van der Waals surface area contributed by atoms with Crippen LogP contribution in [0.2, 0.25) is 0 Å². The number of carboxylic acid groups (broad SMARTS) is 1. The average molecular weight is 460 g/mol. The van der Waals surface area contributed by atoms with E-state index in [1.165, 1.54) is 42.5 Å². The molecule has 0 saturated carbocycles. The van der Waals surface area contributed by atoms with Gasteiger partial charge in [0.25, 0.3) is 0 Å². The number of carbonyl (C=O) groups excluding carboxylic acids is 1. The van der Waals surface area contributed by atoms with Crippen molar-refractivity contribution in [2.75, 3.05) is 6.61 Å². The molecule has 0 aliphatic carbocycles. The minimum Gasteiger partial charge on any atom is -0.478 e. The first kappa shape index (κ1) is 26.5. The van der Waals surface area contributed by atoms with Crippen LogP contribution in [0.25, 0.3) is 12.2 Å². The van der Waals surface area contributed by atoms with E-state index in [0.717, 1.165) is 30.3 Å². The number of carbonyl (C=O) groups is 2. The van der Waals surface area contributed by atoms with Crippen LogP contribution in [0.15, 0.2) is 60.7 Å². The number of aliphatic carboxylic acids is 1. The highest BCUT2D eigenvalue weighted by molar-refractivity contribution is 5.87. The Labute approximate surface area is 179 Å². The van der Waals surface area contributed by atoms with E-state index in [2.05, 4.69) is 4.74 Å². The second-order valence-corrected chi connectivity index (χ2v) is 6.00. The molecular weight excluding hydrogens is 442 g/mol. The average Bonchev–Trinajstić information content (AvgIpc) is 2.71. The van der Waals surface area contributed by atoms with Crippen molar-refractivity contribution in [1.82, 2.24) is 0 Å². The van der Waals surface area contributed by atoms with Crippen LogP contribution >= 0.6 is 0 Å². The summed E-state index contributed by atoms with van der Waals surface area (Å²) in [5.74, 6) is -1.66. The summed E-state index contributed by atoms with van der Waals surface area (Å²) in [6, 6.07) is 8.74. The lowest BCUT2D eigenvalue weighted by Crippen LogP contribution is -2.04. The van der Waals surface area contributed by atoms with E-state index < -0.39 is 35.4 Å². The van der Waals surface area contributed by atoms with E-state index in [1.54, 1.807) is 6.92 Å². The predicted molar refractivity (Wildman–Crippen MR) is 105 cm³/mol. The monoisotopic (exact) mass is 460 g/mol. The third kappa shape index (κ3) is 9.96. The molecule has 2 aromatic carbocycles. The fraction of sp³-hybridized carbons (Fsp3) is 0.182. The molecule has 0 atom stereocenters. The summed E-state index contributed by atoms with van der Waals surface area (Å²) in [6.07, 6.45) is -4.05. The molecule has 172 valence electrons. The van der Waals surface area contributed by atoms with Crippen molar-refractivity contribution in [1.29, 1.82) is 0 Å². The van der Waals surface area contributed by atoms with Gasteiger partial charge in [-0.1, -0.05) is 24.3 Å². The van der Waals surface area contributed by atoms with Crippen molar-refractivity contribution < 1.29 is 45.8 Å². The molecule has 0 aromatic heterocycles. The zero-order chi connectivity index (χ0) is 24.4. The van der Waals surface area contributed by atoms with Crippen molar-refractivity contribution in [2.45, 2.75) is 19.3 Å². The van der Waals surface area contributed by atoms with Crippen LogP contribution in [0.1, 0.15) is 29.2 Å². The number of hydrogen-bond acceptors (Lipinski definition) is 3. The lowest BCUT2D eigenvalue weighted by Gasteiger charge is -2.05. The molecule has 0 saturated heterocycles. The van der Waals surface area contributed by atoms with Gasteiger partial charge in [-0.3, -0.25) is 0 Å². The summed E-state index contributed by atoms with van der Waals surface area (Å²) in [4.78, 5) is 21.1. The van der Waals surface area contributed by atoms with E-state index in [-0.39, 0.29) is 6.61 Å². The predicted octanol–water partition coefficient (Wildman–Crippen LogP) is 6.08. The van der Waals surface area contributed by atoms with Gasteiger partial charge in [0.05, 0.1) is 17.7 Å². The fourth-order valence-corrected chi connectivity index (χ4v) is 2.09. The van der Waals surface area contributed by atoms with Gasteiger partial charge in [0.15, 0.2) is 0 Å². The lowest BCUT2D eigenvalue weighted by atomic mass is 10.1. The summed E-state index contributed by atoms with van der Waals surface area (Å²) in [5, 5.41) is 8.29. The topological polar surface area (TPSA) is 63.6 Å². The number of alkyl halides is 6. The Hall–Kier alpha value is -3.56. The van der Waals surface area contributed by atoms with Crippen molar-refractivity contribution in [3.8, 4) is 0 Å². The highest BCUT2D eigenvalue weighted by Crippen LogP contribution is 2.30. The van der Waals surface area contributed by atoms with Crippen molar-refractivity contribution >= 4 is 24.1 Å². The number of esters is 1. The van der Waals surface area contributed by atoms with Gasteiger partial charge in [0.1, 0.15) is 0 Å². The molecule has 4 nitrogen and oxygen atoms in total.